The minimum Gasteiger partial charge on any atom is -0.496 e. The molecule has 1 atom stereocenters. The van der Waals surface area contributed by atoms with Crippen molar-refractivity contribution in [2.75, 3.05) is 34.4 Å². The minimum absolute atomic E-state index is 0.0911. The maximum atomic E-state index is 12.7. The average molecular weight is 405 g/mol. The molecule has 2 rings (SSSR count). The number of methoxy groups -OCH3 is 3. The second-order valence-corrected chi connectivity index (χ2v) is 8.12. The summed E-state index contributed by atoms with van der Waals surface area (Å²) in [5, 5.41) is 2.80. The number of carbonyl (C=O) groups excluding carboxylic acids is 2. The molecule has 2 amide bonds. The molecule has 0 radical (unpaired) electrons. The number of ether oxygens (including phenoxy) is 3. The molecule has 1 aliphatic heterocycles. The van der Waals surface area contributed by atoms with Crippen molar-refractivity contribution in [1.29, 1.82) is 0 Å². The standard InChI is InChI=1S/C22H32N2O5/c1-14(23-21(26)22(2,3)4)20(25)24-10-8-15(9-11-24)19-17(28-6)12-16(27-5)13-18(19)29-7/h8,12-14H,9-11H2,1-7H3,(H,23,26)/t14-/m0/s1. The van der Waals surface area contributed by atoms with Crippen molar-refractivity contribution >= 4 is 17.4 Å². The maximum absolute atomic E-state index is 12.7. The summed E-state index contributed by atoms with van der Waals surface area (Å²) >= 11 is 0. The van der Waals surface area contributed by atoms with E-state index in [1.807, 2.05) is 39.0 Å². The van der Waals surface area contributed by atoms with Gasteiger partial charge in [-0.15, -0.1) is 0 Å². The molecule has 0 saturated heterocycles. The van der Waals surface area contributed by atoms with Crippen LogP contribution >= 0.6 is 0 Å². The van der Waals surface area contributed by atoms with Gasteiger partial charge in [-0.1, -0.05) is 26.8 Å². The zero-order valence-corrected chi connectivity index (χ0v) is 18.4. The highest BCUT2D eigenvalue weighted by Crippen LogP contribution is 2.40. The van der Waals surface area contributed by atoms with Crippen molar-refractivity contribution in [2.45, 2.75) is 40.2 Å². The first-order valence-corrected chi connectivity index (χ1v) is 9.71. The zero-order valence-electron chi connectivity index (χ0n) is 18.4. The maximum Gasteiger partial charge on any atom is 0.245 e. The van der Waals surface area contributed by atoms with Gasteiger partial charge in [0.05, 0.1) is 26.9 Å². The highest BCUT2D eigenvalue weighted by atomic mass is 16.5. The third-order valence-corrected chi connectivity index (χ3v) is 4.96. The monoisotopic (exact) mass is 404 g/mol. The molecular weight excluding hydrogens is 372 g/mol. The third kappa shape index (κ3) is 5.22. The van der Waals surface area contributed by atoms with Gasteiger partial charge < -0.3 is 24.4 Å². The number of amides is 2. The first-order chi connectivity index (χ1) is 13.6. The molecule has 1 N–H and O–H groups in total. The van der Waals surface area contributed by atoms with E-state index in [1.54, 1.807) is 33.2 Å². The number of hydrogen-bond donors (Lipinski definition) is 1. The van der Waals surface area contributed by atoms with Crippen LogP contribution in [0.25, 0.3) is 5.57 Å². The summed E-state index contributed by atoms with van der Waals surface area (Å²) in [7, 11) is 4.81. The molecule has 29 heavy (non-hydrogen) atoms. The number of nitrogens with zero attached hydrogens (tertiary/aromatic N) is 1. The number of benzene rings is 1. The molecule has 1 aromatic rings. The molecule has 0 saturated carbocycles. The fourth-order valence-corrected chi connectivity index (χ4v) is 3.17. The lowest BCUT2D eigenvalue weighted by Crippen LogP contribution is -2.50. The van der Waals surface area contributed by atoms with Crippen LogP contribution in [0.1, 0.15) is 39.7 Å². The fourth-order valence-electron chi connectivity index (χ4n) is 3.17. The van der Waals surface area contributed by atoms with Crippen molar-refractivity contribution in [2.24, 2.45) is 5.41 Å². The van der Waals surface area contributed by atoms with Gasteiger partial charge in [0, 0.05) is 30.6 Å². The number of nitrogens with one attached hydrogen (secondary N) is 1. The predicted octanol–water partition coefficient (Wildman–Crippen LogP) is 2.88. The van der Waals surface area contributed by atoms with Crippen LogP contribution in [0.5, 0.6) is 17.2 Å². The van der Waals surface area contributed by atoms with E-state index < -0.39 is 11.5 Å². The van der Waals surface area contributed by atoms with Gasteiger partial charge in [-0.2, -0.15) is 0 Å². The highest BCUT2D eigenvalue weighted by molar-refractivity contribution is 5.90. The normalized spacial score (nSPS) is 15.3. The van der Waals surface area contributed by atoms with E-state index in [9.17, 15) is 9.59 Å². The van der Waals surface area contributed by atoms with Gasteiger partial charge in [0.1, 0.15) is 23.3 Å². The van der Waals surface area contributed by atoms with E-state index in [-0.39, 0.29) is 11.8 Å². The molecule has 0 aromatic heterocycles. The molecule has 0 unspecified atom stereocenters. The lowest BCUT2D eigenvalue weighted by molar-refractivity contribution is -0.137. The summed E-state index contributed by atoms with van der Waals surface area (Å²) in [5.74, 6) is 1.75. The lowest BCUT2D eigenvalue weighted by atomic mass is 9.95. The zero-order chi connectivity index (χ0) is 21.8. The lowest BCUT2D eigenvalue weighted by Gasteiger charge is -2.31. The molecule has 0 bridgehead atoms. The molecule has 7 nitrogen and oxygen atoms in total. The molecule has 1 aliphatic rings. The number of rotatable bonds is 6. The summed E-state index contributed by atoms with van der Waals surface area (Å²) in [6.45, 7) is 8.21. The van der Waals surface area contributed by atoms with Gasteiger partial charge in [-0.3, -0.25) is 9.59 Å². The van der Waals surface area contributed by atoms with Crippen molar-refractivity contribution in [3.05, 3.63) is 23.8 Å². The Morgan fingerprint density at radius 2 is 1.66 bits per heavy atom. The molecule has 7 heteroatoms. The molecule has 0 spiro atoms. The Hall–Kier alpha value is -2.70. The van der Waals surface area contributed by atoms with E-state index in [0.29, 0.717) is 36.8 Å². The Kier molecular flexibility index (Phi) is 7.16. The number of hydrogen-bond acceptors (Lipinski definition) is 5. The van der Waals surface area contributed by atoms with Crippen LogP contribution in [0.2, 0.25) is 0 Å². The second kappa shape index (κ2) is 9.20. The quantitative estimate of drug-likeness (QED) is 0.789. The van der Waals surface area contributed by atoms with Gasteiger partial charge in [0.15, 0.2) is 0 Å². The fraction of sp³-hybridized carbons (Fsp3) is 0.545. The van der Waals surface area contributed by atoms with Crippen LogP contribution in [-0.2, 0) is 9.59 Å². The van der Waals surface area contributed by atoms with Gasteiger partial charge in [-0.25, -0.2) is 0 Å². The average Bonchev–Trinajstić information content (AvgIpc) is 2.71. The van der Waals surface area contributed by atoms with E-state index in [0.717, 1.165) is 11.1 Å². The van der Waals surface area contributed by atoms with Crippen LogP contribution in [0.3, 0.4) is 0 Å². The van der Waals surface area contributed by atoms with Crippen LogP contribution in [0.4, 0.5) is 0 Å². The highest BCUT2D eigenvalue weighted by Gasteiger charge is 2.29. The smallest absolute Gasteiger partial charge is 0.245 e. The van der Waals surface area contributed by atoms with Crippen LogP contribution < -0.4 is 19.5 Å². The van der Waals surface area contributed by atoms with Crippen molar-refractivity contribution < 1.29 is 23.8 Å². The molecular formula is C22H32N2O5. The van der Waals surface area contributed by atoms with Gasteiger partial charge in [0.2, 0.25) is 11.8 Å². The predicted molar refractivity (Wildman–Crippen MR) is 112 cm³/mol. The van der Waals surface area contributed by atoms with Crippen LogP contribution in [0.15, 0.2) is 18.2 Å². The third-order valence-electron chi connectivity index (χ3n) is 4.96. The molecule has 0 aliphatic carbocycles. The SMILES string of the molecule is COc1cc(OC)c(C2=CCN(C(=O)[C@H](C)NC(=O)C(C)(C)C)CC2)c(OC)c1. The molecule has 1 heterocycles. The van der Waals surface area contributed by atoms with Crippen molar-refractivity contribution in [3.63, 3.8) is 0 Å². The summed E-state index contributed by atoms with van der Waals surface area (Å²) in [6.07, 6.45) is 2.66. The summed E-state index contributed by atoms with van der Waals surface area (Å²) < 4.78 is 16.4. The Morgan fingerprint density at radius 3 is 2.07 bits per heavy atom. The largest absolute Gasteiger partial charge is 0.496 e. The van der Waals surface area contributed by atoms with Crippen LogP contribution in [0, 0.1) is 5.41 Å². The summed E-state index contributed by atoms with van der Waals surface area (Å²) in [6, 6.07) is 3.07. The Morgan fingerprint density at radius 1 is 1.07 bits per heavy atom. The van der Waals surface area contributed by atoms with Crippen molar-refractivity contribution in [1.82, 2.24) is 10.2 Å². The van der Waals surface area contributed by atoms with E-state index in [1.165, 1.54) is 0 Å². The molecule has 1 aromatic carbocycles. The van der Waals surface area contributed by atoms with E-state index >= 15 is 0 Å². The Bertz CT molecular complexity index is 770. The van der Waals surface area contributed by atoms with Gasteiger partial charge in [-0.05, 0) is 18.9 Å². The first kappa shape index (κ1) is 22.6. The van der Waals surface area contributed by atoms with E-state index in [2.05, 4.69) is 5.32 Å². The van der Waals surface area contributed by atoms with Gasteiger partial charge >= 0.3 is 0 Å². The first-order valence-electron chi connectivity index (χ1n) is 9.71. The second-order valence-electron chi connectivity index (χ2n) is 8.12. The minimum atomic E-state index is -0.568. The van der Waals surface area contributed by atoms with Gasteiger partial charge in [0.25, 0.3) is 0 Å². The van der Waals surface area contributed by atoms with Crippen LogP contribution in [-0.4, -0.2) is 57.2 Å². The topological polar surface area (TPSA) is 77.1 Å². The Labute approximate surface area is 173 Å². The van der Waals surface area contributed by atoms with Crippen molar-refractivity contribution in [3.8, 4) is 17.2 Å². The van der Waals surface area contributed by atoms with E-state index in [4.69, 9.17) is 14.2 Å². The molecule has 0 fully saturated rings. The molecule has 160 valence electrons. The Balaban J connectivity index is 2.17. The number of carbonyl (C=O) groups is 2. The summed E-state index contributed by atoms with van der Waals surface area (Å²) in [4.78, 5) is 26.7. The summed E-state index contributed by atoms with van der Waals surface area (Å²) in [5.41, 5.74) is 1.39.